The number of hydrogen-bond acceptors (Lipinski definition) is 3. The molecule has 6 heteroatoms. The predicted molar refractivity (Wildman–Crippen MR) is 106 cm³/mol. The highest BCUT2D eigenvalue weighted by Crippen LogP contribution is 2.23. The van der Waals surface area contributed by atoms with Crippen molar-refractivity contribution in [2.75, 3.05) is 0 Å². The van der Waals surface area contributed by atoms with E-state index in [1.807, 2.05) is 20.8 Å². The number of halogens is 2. The number of aliphatic hydroxyl groups excluding tert-OH is 1. The Labute approximate surface area is 164 Å². The summed E-state index contributed by atoms with van der Waals surface area (Å²) in [6.45, 7) is 5.65. The Balaban J connectivity index is 2.18. The summed E-state index contributed by atoms with van der Waals surface area (Å²) in [7, 11) is 0. The number of amides is 1. The maximum atomic E-state index is 13.8. The van der Waals surface area contributed by atoms with E-state index in [1.165, 1.54) is 6.07 Å². The first kappa shape index (κ1) is 21.4. The molecule has 0 saturated carbocycles. The second kappa shape index (κ2) is 8.83. The van der Waals surface area contributed by atoms with Crippen LogP contribution in [-0.4, -0.2) is 28.7 Å². The minimum absolute atomic E-state index is 0.0994. The Bertz CT molecular complexity index is 805. The Morgan fingerprint density at radius 3 is 2.48 bits per heavy atom. The molecule has 0 saturated heterocycles. The van der Waals surface area contributed by atoms with Crippen LogP contribution in [0, 0.1) is 5.82 Å². The van der Waals surface area contributed by atoms with Crippen LogP contribution in [0.3, 0.4) is 0 Å². The third kappa shape index (κ3) is 6.03. The van der Waals surface area contributed by atoms with E-state index in [9.17, 15) is 14.3 Å². The van der Waals surface area contributed by atoms with Crippen LogP contribution < -0.4 is 11.1 Å². The summed E-state index contributed by atoms with van der Waals surface area (Å²) in [5, 5.41) is 13.8. The first-order chi connectivity index (χ1) is 12.6. The molecule has 1 amide bonds. The number of aliphatic hydroxyl groups is 1. The third-order valence-corrected chi connectivity index (χ3v) is 4.53. The van der Waals surface area contributed by atoms with Crippen molar-refractivity contribution in [2.24, 2.45) is 5.73 Å². The molecule has 0 heterocycles. The zero-order valence-corrected chi connectivity index (χ0v) is 16.6. The van der Waals surface area contributed by atoms with Gasteiger partial charge in [-0.05, 0) is 56.5 Å². The molecule has 4 N–H and O–H groups in total. The van der Waals surface area contributed by atoms with Crippen LogP contribution in [0.5, 0.6) is 0 Å². The summed E-state index contributed by atoms with van der Waals surface area (Å²) >= 11 is 6.29. The molecular formula is C21H26ClFN2O2. The van der Waals surface area contributed by atoms with Gasteiger partial charge in [-0.1, -0.05) is 35.9 Å². The van der Waals surface area contributed by atoms with Gasteiger partial charge in [0.05, 0.1) is 6.10 Å². The number of hydrogen-bond donors (Lipinski definition) is 3. The predicted octanol–water partition coefficient (Wildman–Crippen LogP) is 3.48. The Morgan fingerprint density at radius 1 is 1.19 bits per heavy atom. The summed E-state index contributed by atoms with van der Waals surface area (Å²) in [4.78, 5) is 12.6. The minimum Gasteiger partial charge on any atom is -0.391 e. The largest absolute Gasteiger partial charge is 0.391 e. The van der Waals surface area contributed by atoms with Gasteiger partial charge in [-0.15, -0.1) is 0 Å². The quantitative estimate of drug-likeness (QED) is 0.704. The third-order valence-electron chi connectivity index (χ3n) is 4.17. The summed E-state index contributed by atoms with van der Waals surface area (Å²) in [5.74, 6) is -0.627. The van der Waals surface area contributed by atoms with E-state index in [2.05, 4.69) is 5.32 Å². The molecule has 0 radical (unpaired) electrons. The average molecular weight is 393 g/mol. The van der Waals surface area contributed by atoms with E-state index >= 15 is 0 Å². The molecule has 4 nitrogen and oxygen atoms in total. The Kier molecular flexibility index (Phi) is 6.98. The van der Waals surface area contributed by atoms with Crippen LogP contribution in [0.15, 0.2) is 42.5 Å². The van der Waals surface area contributed by atoms with Crippen LogP contribution in [-0.2, 0) is 12.8 Å². The van der Waals surface area contributed by atoms with Gasteiger partial charge >= 0.3 is 0 Å². The summed E-state index contributed by atoms with van der Waals surface area (Å²) in [6.07, 6.45) is -0.699. The molecule has 0 spiro atoms. The second-order valence-corrected chi connectivity index (χ2v) is 8.11. The molecule has 0 aliphatic carbocycles. The molecule has 146 valence electrons. The molecule has 0 aliphatic rings. The average Bonchev–Trinajstić information content (AvgIpc) is 2.57. The zero-order chi connectivity index (χ0) is 20.2. The van der Waals surface area contributed by atoms with Gasteiger partial charge in [0.2, 0.25) is 0 Å². The van der Waals surface area contributed by atoms with Crippen LogP contribution in [0.4, 0.5) is 4.39 Å². The van der Waals surface area contributed by atoms with Gasteiger partial charge in [0.1, 0.15) is 5.82 Å². The van der Waals surface area contributed by atoms with E-state index in [0.717, 1.165) is 0 Å². The van der Waals surface area contributed by atoms with Gasteiger partial charge in [0.15, 0.2) is 0 Å². The number of benzene rings is 2. The molecule has 2 unspecified atom stereocenters. The van der Waals surface area contributed by atoms with E-state index in [1.54, 1.807) is 36.4 Å². The Hall–Kier alpha value is -1.95. The molecular weight excluding hydrogens is 367 g/mol. The van der Waals surface area contributed by atoms with Gasteiger partial charge in [0.25, 0.3) is 5.91 Å². The van der Waals surface area contributed by atoms with Crippen LogP contribution >= 0.6 is 11.6 Å². The van der Waals surface area contributed by atoms with Crippen molar-refractivity contribution in [1.82, 2.24) is 5.32 Å². The molecule has 2 aromatic carbocycles. The van der Waals surface area contributed by atoms with E-state index in [4.69, 9.17) is 17.3 Å². The van der Waals surface area contributed by atoms with Crippen LogP contribution in [0.1, 0.15) is 42.3 Å². The molecule has 0 aromatic heterocycles. The number of nitrogens with two attached hydrogens (primary N) is 1. The number of carbonyl (C=O) groups excluding carboxylic acids is 1. The smallest absolute Gasteiger partial charge is 0.252 e. The fourth-order valence-corrected chi connectivity index (χ4v) is 3.05. The van der Waals surface area contributed by atoms with Gasteiger partial charge in [-0.2, -0.15) is 0 Å². The first-order valence-corrected chi connectivity index (χ1v) is 9.23. The summed E-state index contributed by atoms with van der Waals surface area (Å²) < 4.78 is 13.8. The fraction of sp³-hybridized carbons (Fsp3) is 0.381. The van der Waals surface area contributed by atoms with Gasteiger partial charge in [-0.25, -0.2) is 4.39 Å². The lowest BCUT2D eigenvalue weighted by molar-refractivity contribution is 0.0917. The highest BCUT2D eigenvalue weighted by atomic mass is 35.5. The maximum Gasteiger partial charge on any atom is 0.252 e. The van der Waals surface area contributed by atoms with Crippen molar-refractivity contribution in [1.29, 1.82) is 0 Å². The van der Waals surface area contributed by atoms with E-state index < -0.39 is 17.7 Å². The van der Waals surface area contributed by atoms with Crippen LogP contribution in [0.2, 0.25) is 5.02 Å². The SMILES string of the molecule is CC(C)(C)NC(=O)c1cccc(Cl)c1CC(O)C(N)Cc1ccccc1F. The van der Waals surface area contributed by atoms with Crippen molar-refractivity contribution in [2.45, 2.75) is 51.3 Å². The second-order valence-electron chi connectivity index (χ2n) is 7.70. The lowest BCUT2D eigenvalue weighted by Gasteiger charge is -2.24. The standard InChI is InChI=1S/C21H26ClFN2O2/c1-21(2,3)25-20(27)14-8-6-9-16(22)15(14)12-19(26)18(24)11-13-7-4-5-10-17(13)23/h4-10,18-19,26H,11-12,24H2,1-3H3,(H,25,27). The highest BCUT2D eigenvalue weighted by Gasteiger charge is 2.24. The minimum atomic E-state index is -0.981. The van der Waals surface area contributed by atoms with Crippen molar-refractivity contribution in [3.8, 4) is 0 Å². The summed E-state index contributed by atoms with van der Waals surface area (Å²) in [6, 6.07) is 10.6. The van der Waals surface area contributed by atoms with Gasteiger partial charge < -0.3 is 16.2 Å². The number of rotatable bonds is 6. The van der Waals surface area contributed by atoms with Crippen molar-refractivity contribution < 1.29 is 14.3 Å². The number of carbonyl (C=O) groups is 1. The molecule has 0 bridgehead atoms. The molecule has 0 aliphatic heterocycles. The monoisotopic (exact) mass is 392 g/mol. The molecule has 2 aromatic rings. The topological polar surface area (TPSA) is 75.3 Å². The maximum absolute atomic E-state index is 13.8. The van der Waals surface area contributed by atoms with Crippen molar-refractivity contribution in [3.63, 3.8) is 0 Å². The number of nitrogens with one attached hydrogen (secondary N) is 1. The Morgan fingerprint density at radius 2 is 1.85 bits per heavy atom. The fourth-order valence-electron chi connectivity index (χ4n) is 2.80. The summed E-state index contributed by atoms with van der Waals surface area (Å²) in [5.41, 5.74) is 7.04. The van der Waals surface area contributed by atoms with Crippen LogP contribution in [0.25, 0.3) is 0 Å². The van der Waals surface area contributed by atoms with Gasteiger partial charge in [0, 0.05) is 28.6 Å². The van der Waals surface area contributed by atoms with Crippen molar-refractivity contribution >= 4 is 17.5 Å². The lowest BCUT2D eigenvalue weighted by atomic mass is 9.94. The first-order valence-electron chi connectivity index (χ1n) is 8.85. The van der Waals surface area contributed by atoms with Gasteiger partial charge in [-0.3, -0.25) is 4.79 Å². The molecule has 2 atom stereocenters. The highest BCUT2D eigenvalue weighted by molar-refractivity contribution is 6.31. The van der Waals surface area contributed by atoms with E-state index in [-0.39, 0.29) is 24.6 Å². The van der Waals surface area contributed by atoms with E-state index in [0.29, 0.717) is 21.7 Å². The van der Waals surface area contributed by atoms with Crippen molar-refractivity contribution in [3.05, 3.63) is 70.0 Å². The zero-order valence-electron chi connectivity index (χ0n) is 15.8. The normalized spacial score (nSPS) is 13.9. The molecule has 0 fully saturated rings. The lowest BCUT2D eigenvalue weighted by Crippen LogP contribution is -2.42. The molecule has 27 heavy (non-hydrogen) atoms. The molecule has 2 rings (SSSR count).